The zero-order chi connectivity index (χ0) is 20.3. The van der Waals surface area contributed by atoms with Crippen molar-refractivity contribution in [2.45, 2.75) is 25.8 Å². The minimum absolute atomic E-state index is 0.00421. The molecule has 0 radical (unpaired) electrons. The number of benzene rings is 1. The number of fused-ring (bicyclic) bond motifs is 1. The SMILES string of the molecule is COCCC(=O)N1CCCN(C(=O)C(C)N2C(=O)c3ccccc3C2=O)CC1. The average molecular weight is 387 g/mol. The van der Waals surface area contributed by atoms with Crippen LogP contribution in [0.15, 0.2) is 24.3 Å². The molecule has 1 atom stereocenters. The second-order valence-electron chi connectivity index (χ2n) is 7.00. The molecule has 0 bridgehead atoms. The first kappa shape index (κ1) is 20.0. The number of nitrogens with zero attached hydrogens (tertiary/aromatic N) is 3. The highest BCUT2D eigenvalue weighted by molar-refractivity contribution is 6.22. The lowest BCUT2D eigenvalue weighted by atomic mass is 10.1. The molecule has 3 rings (SSSR count). The topological polar surface area (TPSA) is 87.2 Å². The second-order valence-corrected chi connectivity index (χ2v) is 7.00. The van der Waals surface area contributed by atoms with Gasteiger partial charge in [0.2, 0.25) is 11.8 Å². The molecule has 1 aromatic rings. The molecule has 2 aliphatic rings. The number of amides is 4. The first-order valence-corrected chi connectivity index (χ1v) is 9.48. The van der Waals surface area contributed by atoms with Crippen LogP contribution in [0.1, 0.15) is 40.5 Å². The van der Waals surface area contributed by atoms with Crippen LogP contribution in [0.3, 0.4) is 0 Å². The Hall–Kier alpha value is -2.74. The summed E-state index contributed by atoms with van der Waals surface area (Å²) in [7, 11) is 1.55. The Balaban J connectivity index is 1.65. The van der Waals surface area contributed by atoms with E-state index in [1.165, 1.54) is 0 Å². The maximum absolute atomic E-state index is 13.0. The third-order valence-electron chi connectivity index (χ3n) is 5.25. The van der Waals surface area contributed by atoms with Crippen LogP contribution >= 0.6 is 0 Å². The number of hydrogen-bond donors (Lipinski definition) is 0. The van der Waals surface area contributed by atoms with Crippen LogP contribution in [0.2, 0.25) is 0 Å². The number of hydrogen-bond acceptors (Lipinski definition) is 5. The smallest absolute Gasteiger partial charge is 0.262 e. The van der Waals surface area contributed by atoms with Crippen molar-refractivity contribution < 1.29 is 23.9 Å². The number of methoxy groups -OCH3 is 1. The number of rotatable bonds is 5. The summed E-state index contributed by atoms with van der Waals surface area (Å²) in [6.45, 7) is 3.83. The molecule has 150 valence electrons. The quantitative estimate of drug-likeness (QED) is 0.697. The fourth-order valence-corrected chi connectivity index (χ4v) is 3.67. The molecule has 8 heteroatoms. The Bertz CT molecular complexity index is 759. The van der Waals surface area contributed by atoms with Crippen molar-refractivity contribution in [2.24, 2.45) is 0 Å². The summed E-state index contributed by atoms with van der Waals surface area (Å²) >= 11 is 0. The Kier molecular flexibility index (Phi) is 6.08. The largest absolute Gasteiger partial charge is 0.384 e. The number of imide groups is 1. The zero-order valence-electron chi connectivity index (χ0n) is 16.2. The van der Waals surface area contributed by atoms with Crippen molar-refractivity contribution in [3.63, 3.8) is 0 Å². The molecule has 1 fully saturated rings. The van der Waals surface area contributed by atoms with Gasteiger partial charge in [0.15, 0.2) is 0 Å². The highest BCUT2D eigenvalue weighted by Crippen LogP contribution is 2.25. The summed E-state index contributed by atoms with van der Waals surface area (Å²) in [6, 6.07) is 5.71. The molecule has 8 nitrogen and oxygen atoms in total. The Morgan fingerprint density at radius 1 is 1.00 bits per heavy atom. The molecule has 28 heavy (non-hydrogen) atoms. The summed E-state index contributed by atoms with van der Waals surface area (Å²) in [5.74, 6) is -1.15. The van der Waals surface area contributed by atoms with Gasteiger partial charge in [0.05, 0.1) is 24.2 Å². The molecule has 1 saturated heterocycles. The molecule has 0 N–H and O–H groups in total. The second kappa shape index (κ2) is 8.52. The fraction of sp³-hybridized carbons (Fsp3) is 0.500. The minimum Gasteiger partial charge on any atom is -0.384 e. The average Bonchev–Trinajstić information content (AvgIpc) is 2.86. The van der Waals surface area contributed by atoms with Gasteiger partial charge in [0, 0.05) is 33.3 Å². The van der Waals surface area contributed by atoms with Crippen LogP contribution in [-0.2, 0) is 14.3 Å². The third kappa shape index (κ3) is 3.77. The van der Waals surface area contributed by atoms with E-state index in [1.807, 2.05) is 0 Å². The Morgan fingerprint density at radius 2 is 1.57 bits per heavy atom. The summed E-state index contributed by atoms with van der Waals surface area (Å²) in [4.78, 5) is 54.8. The first-order chi connectivity index (χ1) is 13.5. The summed E-state index contributed by atoms with van der Waals surface area (Å²) in [5, 5.41) is 0. The molecule has 2 aliphatic heterocycles. The van der Waals surface area contributed by atoms with E-state index in [9.17, 15) is 19.2 Å². The van der Waals surface area contributed by atoms with Gasteiger partial charge in [-0.15, -0.1) is 0 Å². The van der Waals surface area contributed by atoms with Gasteiger partial charge in [-0.05, 0) is 25.5 Å². The molecule has 1 aromatic carbocycles. The van der Waals surface area contributed by atoms with Gasteiger partial charge in [-0.2, -0.15) is 0 Å². The van der Waals surface area contributed by atoms with E-state index >= 15 is 0 Å². The molecule has 1 unspecified atom stereocenters. The van der Waals surface area contributed by atoms with E-state index in [4.69, 9.17) is 4.74 Å². The van der Waals surface area contributed by atoms with E-state index in [1.54, 1.807) is 48.1 Å². The van der Waals surface area contributed by atoms with E-state index in [2.05, 4.69) is 0 Å². The van der Waals surface area contributed by atoms with Gasteiger partial charge in [-0.3, -0.25) is 24.1 Å². The molecular formula is C20H25N3O5. The van der Waals surface area contributed by atoms with E-state index in [0.29, 0.717) is 56.8 Å². The number of carbonyl (C=O) groups excluding carboxylic acids is 4. The van der Waals surface area contributed by atoms with E-state index in [-0.39, 0.29) is 11.8 Å². The Labute approximate surface area is 164 Å². The van der Waals surface area contributed by atoms with Gasteiger partial charge in [-0.1, -0.05) is 12.1 Å². The predicted molar refractivity (Wildman–Crippen MR) is 101 cm³/mol. The van der Waals surface area contributed by atoms with Crippen LogP contribution in [0.25, 0.3) is 0 Å². The normalized spacial score (nSPS) is 18.1. The van der Waals surface area contributed by atoms with Crippen molar-refractivity contribution in [3.05, 3.63) is 35.4 Å². The monoisotopic (exact) mass is 387 g/mol. The molecule has 4 amide bonds. The highest BCUT2D eigenvalue weighted by atomic mass is 16.5. The standard InChI is InChI=1S/C20H25N3O5/c1-14(23-19(26)15-6-3-4-7-16(15)20(23)27)18(25)22-10-5-9-21(11-12-22)17(24)8-13-28-2/h3-4,6-7,14H,5,8-13H2,1-2H3. The number of ether oxygens (including phenoxy) is 1. The van der Waals surface area contributed by atoms with Crippen LogP contribution in [0, 0.1) is 0 Å². The highest BCUT2D eigenvalue weighted by Gasteiger charge is 2.41. The third-order valence-corrected chi connectivity index (χ3v) is 5.25. The lowest BCUT2D eigenvalue weighted by Gasteiger charge is -2.28. The molecule has 2 heterocycles. The molecule has 0 spiro atoms. The van der Waals surface area contributed by atoms with Crippen molar-refractivity contribution in [1.29, 1.82) is 0 Å². The lowest BCUT2D eigenvalue weighted by Crippen LogP contribution is -2.50. The van der Waals surface area contributed by atoms with Crippen LogP contribution in [-0.4, -0.2) is 84.3 Å². The first-order valence-electron chi connectivity index (χ1n) is 9.48. The zero-order valence-corrected chi connectivity index (χ0v) is 16.2. The van der Waals surface area contributed by atoms with Crippen molar-refractivity contribution in [2.75, 3.05) is 39.9 Å². The van der Waals surface area contributed by atoms with Gasteiger partial charge in [-0.25, -0.2) is 0 Å². The predicted octanol–water partition coefficient (Wildman–Crippen LogP) is 0.769. The lowest BCUT2D eigenvalue weighted by molar-refractivity contribution is -0.136. The summed E-state index contributed by atoms with van der Waals surface area (Å²) in [6.07, 6.45) is 0.967. The van der Waals surface area contributed by atoms with Crippen LogP contribution in [0.5, 0.6) is 0 Å². The minimum atomic E-state index is -0.886. The van der Waals surface area contributed by atoms with Gasteiger partial charge < -0.3 is 14.5 Å². The maximum Gasteiger partial charge on any atom is 0.262 e. The van der Waals surface area contributed by atoms with Crippen molar-refractivity contribution in [1.82, 2.24) is 14.7 Å². The number of carbonyl (C=O) groups is 4. The van der Waals surface area contributed by atoms with Gasteiger partial charge >= 0.3 is 0 Å². The van der Waals surface area contributed by atoms with E-state index in [0.717, 1.165) is 4.90 Å². The van der Waals surface area contributed by atoms with E-state index < -0.39 is 17.9 Å². The Morgan fingerprint density at radius 3 is 2.18 bits per heavy atom. The summed E-state index contributed by atoms with van der Waals surface area (Å²) in [5.41, 5.74) is 0.663. The maximum atomic E-state index is 13.0. The van der Waals surface area contributed by atoms with Gasteiger partial charge in [0.25, 0.3) is 11.8 Å². The molecule has 0 saturated carbocycles. The molecular weight excluding hydrogens is 362 g/mol. The van der Waals surface area contributed by atoms with Gasteiger partial charge in [0.1, 0.15) is 6.04 Å². The van der Waals surface area contributed by atoms with Crippen LogP contribution in [0.4, 0.5) is 0 Å². The molecule has 0 aromatic heterocycles. The molecule has 0 aliphatic carbocycles. The van der Waals surface area contributed by atoms with Crippen molar-refractivity contribution >= 4 is 23.6 Å². The van der Waals surface area contributed by atoms with Crippen LogP contribution < -0.4 is 0 Å². The van der Waals surface area contributed by atoms with Crippen molar-refractivity contribution in [3.8, 4) is 0 Å². The fourth-order valence-electron chi connectivity index (χ4n) is 3.67. The summed E-state index contributed by atoms with van der Waals surface area (Å²) < 4.78 is 4.95.